The Hall–Kier alpha value is -2.28. The molecule has 0 saturated carbocycles. The number of halogens is 2. The average Bonchev–Trinajstić information content (AvgIpc) is 2.92. The van der Waals surface area contributed by atoms with Gasteiger partial charge in [-0.05, 0) is 26.8 Å². The Balaban J connectivity index is 1.64. The maximum Gasteiger partial charge on any atom is 0.257 e. The number of hydrogen-bond donors (Lipinski definition) is 0. The minimum atomic E-state index is -0.824. The summed E-state index contributed by atoms with van der Waals surface area (Å²) >= 11 is 0. The van der Waals surface area contributed by atoms with Gasteiger partial charge in [-0.3, -0.25) is 14.4 Å². The minimum absolute atomic E-state index is 0.00344. The van der Waals surface area contributed by atoms with Crippen molar-refractivity contribution in [2.45, 2.75) is 33.9 Å². The molecule has 1 amide bonds. The Kier molecular flexibility index (Phi) is 5.36. The van der Waals surface area contributed by atoms with E-state index in [0.717, 1.165) is 24.0 Å². The number of hydrogen-bond acceptors (Lipinski definition) is 3. The lowest BCUT2D eigenvalue weighted by atomic mass is 10.1. The van der Waals surface area contributed by atoms with Crippen LogP contribution in [0, 0.1) is 25.5 Å². The summed E-state index contributed by atoms with van der Waals surface area (Å²) in [6.07, 6.45) is 0. The highest BCUT2D eigenvalue weighted by atomic mass is 19.2. The second kappa shape index (κ2) is 7.53. The summed E-state index contributed by atoms with van der Waals surface area (Å²) in [5.41, 5.74) is 2.66. The number of rotatable bonds is 4. The minimum Gasteiger partial charge on any atom is -0.336 e. The molecule has 1 aliphatic heterocycles. The molecule has 1 saturated heterocycles. The van der Waals surface area contributed by atoms with Crippen LogP contribution in [-0.2, 0) is 13.1 Å². The molecular weight excluding hydrogens is 338 g/mol. The van der Waals surface area contributed by atoms with Gasteiger partial charge < -0.3 is 4.90 Å². The third-order valence-electron chi connectivity index (χ3n) is 4.98. The quantitative estimate of drug-likeness (QED) is 0.840. The van der Waals surface area contributed by atoms with Gasteiger partial charge in [0, 0.05) is 50.5 Å². The zero-order valence-corrected chi connectivity index (χ0v) is 15.4. The van der Waals surface area contributed by atoms with Gasteiger partial charge in [0.25, 0.3) is 5.91 Å². The van der Waals surface area contributed by atoms with Crippen LogP contribution in [0.1, 0.15) is 34.2 Å². The van der Waals surface area contributed by atoms with Crippen molar-refractivity contribution in [1.29, 1.82) is 0 Å². The molecule has 0 unspecified atom stereocenters. The van der Waals surface area contributed by atoms with Crippen LogP contribution >= 0.6 is 0 Å². The summed E-state index contributed by atoms with van der Waals surface area (Å²) in [4.78, 5) is 16.7. The van der Waals surface area contributed by atoms with Crippen molar-refractivity contribution in [3.63, 3.8) is 0 Å². The van der Waals surface area contributed by atoms with Crippen molar-refractivity contribution in [3.8, 4) is 0 Å². The SMILES string of the molecule is CCn1nc(C)c(C(=O)N2CCN(Cc3cccc(F)c3F)CC2)c1C. The van der Waals surface area contributed by atoms with E-state index >= 15 is 0 Å². The molecule has 2 heterocycles. The molecular formula is C19H24F2N4O. The van der Waals surface area contributed by atoms with E-state index in [1.165, 1.54) is 6.07 Å². The smallest absolute Gasteiger partial charge is 0.257 e. The molecule has 0 atom stereocenters. The van der Waals surface area contributed by atoms with Gasteiger partial charge in [-0.15, -0.1) is 0 Å². The van der Waals surface area contributed by atoms with Crippen LogP contribution in [-0.4, -0.2) is 51.7 Å². The van der Waals surface area contributed by atoms with E-state index in [1.807, 2.05) is 35.3 Å². The lowest BCUT2D eigenvalue weighted by Crippen LogP contribution is -2.48. The second-order valence-electron chi connectivity index (χ2n) is 6.64. The van der Waals surface area contributed by atoms with Gasteiger partial charge in [0.1, 0.15) is 0 Å². The van der Waals surface area contributed by atoms with Crippen LogP contribution in [0.2, 0.25) is 0 Å². The number of carbonyl (C=O) groups excluding carboxylic acids is 1. The van der Waals surface area contributed by atoms with E-state index in [4.69, 9.17) is 0 Å². The van der Waals surface area contributed by atoms with Gasteiger partial charge in [-0.1, -0.05) is 12.1 Å². The van der Waals surface area contributed by atoms with Crippen molar-refractivity contribution >= 4 is 5.91 Å². The molecule has 0 radical (unpaired) electrons. The second-order valence-corrected chi connectivity index (χ2v) is 6.64. The zero-order valence-electron chi connectivity index (χ0n) is 15.4. The zero-order chi connectivity index (χ0) is 18.8. The number of piperazine rings is 1. The summed E-state index contributed by atoms with van der Waals surface area (Å²) in [5.74, 6) is -1.62. The van der Waals surface area contributed by atoms with Gasteiger partial charge in [0.05, 0.1) is 11.3 Å². The van der Waals surface area contributed by atoms with E-state index in [1.54, 1.807) is 6.07 Å². The van der Waals surface area contributed by atoms with Gasteiger partial charge >= 0.3 is 0 Å². The van der Waals surface area contributed by atoms with Crippen LogP contribution in [0.5, 0.6) is 0 Å². The number of benzene rings is 1. The molecule has 0 aliphatic carbocycles. The standard InChI is InChI=1S/C19H24F2N4O/c1-4-25-14(3)17(13(2)22-25)19(26)24-10-8-23(9-11-24)12-15-6-5-7-16(20)18(15)21/h5-7H,4,8-12H2,1-3H3. The van der Waals surface area contributed by atoms with Crippen molar-refractivity contribution in [1.82, 2.24) is 19.6 Å². The van der Waals surface area contributed by atoms with Gasteiger partial charge in [-0.25, -0.2) is 8.78 Å². The summed E-state index contributed by atoms with van der Waals surface area (Å²) < 4.78 is 29.0. The van der Waals surface area contributed by atoms with E-state index in [9.17, 15) is 13.6 Å². The van der Waals surface area contributed by atoms with E-state index in [2.05, 4.69) is 5.10 Å². The highest BCUT2D eigenvalue weighted by molar-refractivity contribution is 5.96. The lowest BCUT2D eigenvalue weighted by Gasteiger charge is -2.34. The van der Waals surface area contributed by atoms with E-state index in [-0.39, 0.29) is 5.91 Å². The van der Waals surface area contributed by atoms with Crippen LogP contribution in [0.3, 0.4) is 0 Å². The molecule has 1 aromatic carbocycles. The largest absolute Gasteiger partial charge is 0.336 e. The maximum atomic E-state index is 13.8. The Labute approximate surface area is 152 Å². The highest BCUT2D eigenvalue weighted by Gasteiger charge is 2.27. The van der Waals surface area contributed by atoms with Crippen LogP contribution in [0.25, 0.3) is 0 Å². The molecule has 1 aliphatic rings. The molecule has 2 aromatic rings. The molecule has 1 aromatic heterocycles. The highest BCUT2D eigenvalue weighted by Crippen LogP contribution is 2.19. The monoisotopic (exact) mass is 362 g/mol. The van der Waals surface area contributed by atoms with Crippen LogP contribution < -0.4 is 0 Å². The Morgan fingerprint density at radius 1 is 1.15 bits per heavy atom. The van der Waals surface area contributed by atoms with Crippen molar-refractivity contribution < 1.29 is 13.6 Å². The van der Waals surface area contributed by atoms with E-state index in [0.29, 0.717) is 43.9 Å². The fraction of sp³-hybridized carbons (Fsp3) is 0.474. The first-order chi connectivity index (χ1) is 12.4. The fourth-order valence-corrected chi connectivity index (χ4v) is 3.49. The molecule has 7 heteroatoms. The van der Waals surface area contributed by atoms with Crippen molar-refractivity contribution in [2.75, 3.05) is 26.2 Å². The van der Waals surface area contributed by atoms with E-state index < -0.39 is 11.6 Å². The predicted molar refractivity (Wildman–Crippen MR) is 94.9 cm³/mol. The fourth-order valence-electron chi connectivity index (χ4n) is 3.49. The molecule has 5 nitrogen and oxygen atoms in total. The third kappa shape index (κ3) is 3.49. The molecule has 140 valence electrons. The maximum absolute atomic E-state index is 13.8. The normalized spacial score (nSPS) is 15.5. The molecule has 0 spiro atoms. The molecule has 0 N–H and O–H groups in total. The van der Waals surface area contributed by atoms with Gasteiger partial charge in [0.15, 0.2) is 11.6 Å². The number of carbonyl (C=O) groups is 1. The molecule has 3 rings (SSSR count). The Bertz CT molecular complexity index is 810. The lowest BCUT2D eigenvalue weighted by molar-refractivity contribution is 0.0625. The first kappa shape index (κ1) is 18.5. The first-order valence-corrected chi connectivity index (χ1v) is 8.90. The molecule has 26 heavy (non-hydrogen) atoms. The van der Waals surface area contributed by atoms with Gasteiger partial charge in [-0.2, -0.15) is 5.10 Å². The number of amides is 1. The molecule has 1 fully saturated rings. The number of aryl methyl sites for hydroxylation is 2. The van der Waals surface area contributed by atoms with Crippen LogP contribution in [0.4, 0.5) is 8.78 Å². The van der Waals surface area contributed by atoms with Gasteiger partial charge in [0.2, 0.25) is 0 Å². The number of nitrogens with zero attached hydrogens (tertiary/aromatic N) is 4. The molecule has 0 bridgehead atoms. The summed E-state index contributed by atoms with van der Waals surface area (Å²) in [7, 11) is 0. The van der Waals surface area contributed by atoms with Crippen molar-refractivity contribution in [2.24, 2.45) is 0 Å². The van der Waals surface area contributed by atoms with Crippen LogP contribution in [0.15, 0.2) is 18.2 Å². The Morgan fingerprint density at radius 2 is 1.85 bits per heavy atom. The van der Waals surface area contributed by atoms with Crippen molar-refractivity contribution in [3.05, 3.63) is 52.3 Å². The predicted octanol–water partition coefficient (Wildman–Crippen LogP) is 2.76. The number of aromatic nitrogens is 2. The summed E-state index contributed by atoms with van der Waals surface area (Å²) in [6.45, 7) is 9.22. The summed E-state index contributed by atoms with van der Waals surface area (Å²) in [5, 5.41) is 4.41. The third-order valence-corrected chi connectivity index (χ3v) is 4.98. The first-order valence-electron chi connectivity index (χ1n) is 8.90. The topological polar surface area (TPSA) is 41.4 Å². The average molecular weight is 362 g/mol. The Morgan fingerprint density at radius 3 is 2.46 bits per heavy atom. The summed E-state index contributed by atoms with van der Waals surface area (Å²) in [6, 6.07) is 4.24.